The summed E-state index contributed by atoms with van der Waals surface area (Å²) < 4.78 is 13.1. The third-order valence-electron chi connectivity index (χ3n) is 3.22. The number of likely N-dealkylation sites (N-methyl/N-ethyl adjacent to an activating group) is 1. The van der Waals surface area contributed by atoms with Crippen LogP contribution in [-0.4, -0.2) is 25.0 Å². The van der Waals surface area contributed by atoms with Gasteiger partial charge >= 0.3 is 0 Å². The Bertz CT molecular complexity index is 496. The van der Waals surface area contributed by atoms with Crippen molar-refractivity contribution in [3.63, 3.8) is 0 Å². The van der Waals surface area contributed by atoms with E-state index in [1.165, 1.54) is 17.7 Å². The number of benzene rings is 2. The number of hydrogen-bond acceptors (Lipinski definition) is 2. The molecule has 2 aromatic carbocycles. The van der Waals surface area contributed by atoms with Gasteiger partial charge in [0.05, 0.1) is 6.04 Å². The van der Waals surface area contributed by atoms with Crippen LogP contribution in [0.25, 0.3) is 0 Å². The summed E-state index contributed by atoms with van der Waals surface area (Å²) in [6.45, 7) is 1.39. The van der Waals surface area contributed by atoms with Crippen LogP contribution in [0.4, 0.5) is 4.39 Å². The number of nitrogens with zero attached hydrogens (tertiary/aromatic N) is 1. The molecule has 0 saturated heterocycles. The summed E-state index contributed by atoms with van der Waals surface area (Å²) in [6, 6.07) is 17.0. The second-order valence-electron chi connectivity index (χ2n) is 4.63. The summed E-state index contributed by atoms with van der Waals surface area (Å²) in [7, 11) is 2.04. The lowest BCUT2D eigenvalue weighted by Crippen LogP contribution is -2.30. The van der Waals surface area contributed by atoms with Gasteiger partial charge in [-0.15, -0.1) is 0 Å². The van der Waals surface area contributed by atoms with Crippen LogP contribution in [0.2, 0.25) is 0 Å². The van der Waals surface area contributed by atoms with Gasteiger partial charge in [-0.3, -0.25) is 4.90 Å². The minimum Gasteiger partial charge on any atom is -0.329 e. The zero-order valence-electron chi connectivity index (χ0n) is 11.1. The molecule has 2 N–H and O–H groups in total. The number of halogens is 1. The Morgan fingerprint density at radius 1 is 1.00 bits per heavy atom. The minimum atomic E-state index is -0.211. The van der Waals surface area contributed by atoms with Gasteiger partial charge in [-0.2, -0.15) is 0 Å². The molecule has 0 aliphatic heterocycles. The lowest BCUT2D eigenvalue weighted by Gasteiger charge is -2.28. The molecule has 0 aliphatic carbocycles. The minimum absolute atomic E-state index is 0.102. The highest BCUT2D eigenvalue weighted by atomic mass is 19.1. The maximum Gasteiger partial charge on any atom is 0.123 e. The monoisotopic (exact) mass is 258 g/mol. The Hall–Kier alpha value is -1.71. The van der Waals surface area contributed by atoms with Gasteiger partial charge in [0.25, 0.3) is 0 Å². The number of hydrogen-bond donors (Lipinski definition) is 1. The molecule has 0 bridgehead atoms. The van der Waals surface area contributed by atoms with Crippen molar-refractivity contribution >= 4 is 0 Å². The van der Waals surface area contributed by atoms with E-state index in [1.54, 1.807) is 0 Å². The van der Waals surface area contributed by atoms with E-state index < -0.39 is 0 Å². The van der Waals surface area contributed by atoms with Gasteiger partial charge in [-0.25, -0.2) is 4.39 Å². The first-order valence-electron chi connectivity index (χ1n) is 6.43. The van der Waals surface area contributed by atoms with E-state index in [-0.39, 0.29) is 11.9 Å². The predicted molar refractivity (Wildman–Crippen MR) is 76.4 cm³/mol. The van der Waals surface area contributed by atoms with Crippen molar-refractivity contribution in [2.24, 2.45) is 5.73 Å². The molecule has 0 radical (unpaired) electrons. The highest BCUT2D eigenvalue weighted by molar-refractivity contribution is 5.31. The first kappa shape index (κ1) is 13.7. The molecule has 0 saturated carbocycles. The molecule has 2 aromatic rings. The molecule has 19 heavy (non-hydrogen) atoms. The molecular formula is C16H19FN2. The Balaban J connectivity index is 2.37. The second kappa shape index (κ2) is 6.45. The molecule has 0 aromatic heterocycles. The molecular weight excluding hydrogens is 239 g/mol. The molecule has 0 spiro atoms. The van der Waals surface area contributed by atoms with Gasteiger partial charge in [0, 0.05) is 13.1 Å². The summed E-state index contributed by atoms with van der Waals surface area (Å²) in [4.78, 5) is 2.18. The summed E-state index contributed by atoms with van der Waals surface area (Å²) in [5.41, 5.74) is 7.90. The van der Waals surface area contributed by atoms with Crippen LogP contribution < -0.4 is 5.73 Å². The molecule has 0 heterocycles. The zero-order valence-corrected chi connectivity index (χ0v) is 11.1. The summed E-state index contributed by atoms with van der Waals surface area (Å²) >= 11 is 0. The Morgan fingerprint density at radius 3 is 2.16 bits per heavy atom. The van der Waals surface area contributed by atoms with Crippen LogP contribution in [-0.2, 0) is 0 Å². The van der Waals surface area contributed by atoms with E-state index in [0.717, 1.165) is 12.1 Å². The quantitative estimate of drug-likeness (QED) is 0.893. The standard InChI is InChI=1S/C16H19FN2/c1-19(12-11-18)16(13-5-3-2-4-6-13)14-7-9-15(17)10-8-14/h2-10,16H,11-12,18H2,1H3. The van der Waals surface area contributed by atoms with Crippen LogP contribution in [0.1, 0.15) is 17.2 Å². The fourth-order valence-corrected chi connectivity index (χ4v) is 2.31. The van der Waals surface area contributed by atoms with Gasteiger partial charge < -0.3 is 5.73 Å². The maximum atomic E-state index is 13.1. The molecule has 1 unspecified atom stereocenters. The lowest BCUT2D eigenvalue weighted by molar-refractivity contribution is 0.286. The van der Waals surface area contributed by atoms with E-state index in [4.69, 9.17) is 5.73 Å². The van der Waals surface area contributed by atoms with Gasteiger partial charge in [0.15, 0.2) is 0 Å². The van der Waals surface area contributed by atoms with Crippen molar-refractivity contribution in [3.05, 3.63) is 71.5 Å². The van der Waals surface area contributed by atoms with E-state index in [2.05, 4.69) is 17.0 Å². The lowest BCUT2D eigenvalue weighted by atomic mass is 9.97. The molecule has 1 atom stereocenters. The Morgan fingerprint density at radius 2 is 1.58 bits per heavy atom. The average molecular weight is 258 g/mol. The van der Waals surface area contributed by atoms with Crippen LogP contribution in [0.5, 0.6) is 0 Å². The van der Waals surface area contributed by atoms with Crippen LogP contribution in [0.3, 0.4) is 0 Å². The van der Waals surface area contributed by atoms with Crippen molar-refractivity contribution in [1.82, 2.24) is 4.90 Å². The molecule has 3 heteroatoms. The summed E-state index contributed by atoms with van der Waals surface area (Å²) in [5.74, 6) is -0.211. The van der Waals surface area contributed by atoms with E-state index >= 15 is 0 Å². The SMILES string of the molecule is CN(CCN)C(c1ccccc1)c1ccc(F)cc1. The van der Waals surface area contributed by atoms with Gasteiger partial charge in [0.2, 0.25) is 0 Å². The van der Waals surface area contributed by atoms with Crippen molar-refractivity contribution in [2.45, 2.75) is 6.04 Å². The van der Waals surface area contributed by atoms with Gasteiger partial charge in [-0.05, 0) is 30.3 Å². The van der Waals surface area contributed by atoms with Crippen molar-refractivity contribution in [2.75, 3.05) is 20.1 Å². The summed E-state index contributed by atoms with van der Waals surface area (Å²) in [5, 5.41) is 0. The van der Waals surface area contributed by atoms with Crippen molar-refractivity contribution < 1.29 is 4.39 Å². The smallest absolute Gasteiger partial charge is 0.123 e. The highest BCUT2D eigenvalue weighted by Gasteiger charge is 2.18. The number of rotatable bonds is 5. The zero-order chi connectivity index (χ0) is 13.7. The van der Waals surface area contributed by atoms with E-state index in [1.807, 2.05) is 37.4 Å². The van der Waals surface area contributed by atoms with Crippen LogP contribution >= 0.6 is 0 Å². The van der Waals surface area contributed by atoms with Crippen LogP contribution in [0.15, 0.2) is 54.6 Å². The third-order valence-corrected chi connectivity index (χ3v) is 3.22. The summed E-state index contributed by atoms with van der Waals surface area (Å²) in [6.07, 6.45) is 0. The molecule has 0 fully saturated rings. The predicted octanol–water partition coefficient (Wildman–Crippen LogP) is 2.81. The van der Waals surface area contributed by atoms with Crippen LogP contribution in [0, 0.1) is 5.82 Å². The topological polar surface area (TPSA) is 29.3 Å². The average Bonchev–Trinajstić information content (AvgIpc) is 2.43. The fraction of sp³-hybridized carbons (Fsp3) is 0.250. The van der Waals surface area contributed by atoms with Crippen molar-refractivity contribution in [3.8, 4) is 0 Å². The third kappa shape index (κ3) is 3.40. The Kier molecular flexibility index (Phi) is 4.66. The maximum absolute atomic E-state index is 13.1. The molecule has 100 valence electrons. The Labute approximate surface area is 113 Å². The highest BCUT2D eigenvalue weighted by Crippen LogP contribution is 2.27. The number of nitrogens with two attached hydrogens (primary N) is 1. The van der Waals surface area contributed by atoms with E-state index in [0.29, 0.717) is 6.54 Å². The first-order valence-corrected chi connectivity index (χ1v) is 6.43. The molecule has 2 nitrogen and oxygen atoms in total. The molecule has 0 amide bonds. The molecule has 2 rings (SSSR count). The van der Waals surface area contributed by atoms with Crippen molar-refractivity contribution in [1.29, 1.82) is 0 Å². The second-order valence-corrected chi connectivity index (χ2v) is 4.63. The van der Waals surface area contributed by atoms with Gasteiger partial charge in [-0.1, -0.05) is 42.5 Å². The van der Waals surface area contributed by atoms with Gasteiger partial charge in [0.1, 0.15) is 5.82 Å². The molecule has 0 aliphatic rings. The largest absolute Gasteiger partial charge is 0.329 e. The first-order chi connectivity index (χ1) is 9.22. The fourth-order valence-electron chi connectivity index (χ4n) is 2.31. The normalized spacial score (nSPS) is 12.6. The van der Waals surface area contributed by atoms with E-state index in [9.17, 15) is 4.39 Å².